The lowest BCUT2D eigenvalue weighted by Gasteiger charge is -2.00. The Hall–Kier alpha value is -1.39. The summed E-state index contributed by atoms with van der Waals surface area (Å²) in [5, 5.41) is 14.7. The predicted octanol–water partition coefficient (Wildman–Crippen LogP) is 0.0679. The molecule has 0 aliphatic heterocycles. The van der Waals surface area contributed by atoms with Gasteiger partial charge in [0, 0.05) is 6.42 Å². The Kier molecular flexibility index (Phi) is 2.20. The molecule has 11 heavy (non-hydrogen) atoms. The molecule has 0 aliphatic carbocycles. The fourth-order valence-electron chi connectivity index (χ4n) is 0.706. The topological polar surface area (TPSA) is 78.9 Å². The molecule has 0 saturated carbocycles. The summed E-state index contributed by atoms with van der Waals surface area (Å²) in [5.74, 6) is -0.621. The molecule has 0 bridgehead atoms. The molecule has 5 heteroatoms. The van der Waals surface area contributed by atoms with E-state index < -0.39 is 11.9 Å². The van der Waals surface area contributed by atoms with Gasteiger partial charge < -0.3 is 5.11 Å². The summed E-state index contributed by atoms with van der Waals surface area (Å²) in [6, 6.07) is 0. The van der Waals surface area contributed by atoms with Crippen molar-refractivity contribution in [1.82, 2.24) is 15.2 Å². The molecule has 1 aromatic rings. The van der Waals surface area contributed by atoms with E-state index in [1.54, 1.807) is 6.92 Å². The Morgan fingerprint density at radius 3 is 3.09 bits per heavy atom. The minimum Gasteiger partial charge on any atom is -0.481 e. The second-order valence-corrected chi connectivity index (χ2v) is 2.38. The average Bonchev–Trinajstić information content (AvgIpc) is 2.39. The minimum absolute atomic E-state index is 0.398. The first-order valence-electron chi connectivity index (χ1n) is 3.27. The molecule has 1 rings (SSSR count). The number of nitrogens with one attached hydrogen (secondary N) is 1. The maximum atomic E-state index is 10.4. The maximum absolute atomic E-state index is 10.4. The molecule has 1 atom stereocenters. The zero-order chi connectivity index (χ0) is 8.27. The van der Waals surface area contributed by atoms with Gasteiger partial charge in [0.2, 0.25) is 0 Å². The van der Waals surface area contributed by atoms with E-state index in [1.165, 1.54) is 6.33 Å². The van der Waals surface area contributed by atoms with Gasteiger partial charge in [-0.15, -0.1) is 0 Å². The van der Waals surface area contributed by atoms with Crippen LogP contribution in [-0.4, -0.2) is 26.3 Å². The standard InChI is InChI=1S/C6H9N3O2/c1-4(6(10)11)2-5-7-3-8-9-5/h3-4H,2H2,1H3,(H,10,11)(H,7,8,9). The van der Waals surface area contributed by atoms with Crippen LogP contribution in [0.25, 0.3) is 0 Å². The van der Waals surface area contributed by atoms with E-state index in [0.29, 0.717) is 12.2 Å². The van der Waals surface area contributed by atoms with Crippen molar-refractivity contribution in [3.63, 3.8) is 0 Å². The third-order valence-electron chi connectivity index (χ3n) is 1.39. The second-order valence-electron chi connectivity index (χ2n) is 2.38. The summed E-state index contributed by atoms with van der Waals surface area (Å²) in [5.41, 5.74) is 0. The number of carboxylic acid groups (broad SMARTS) is 1. The van der Waals surface area contributed by atoms with Gasteiger partial charge in [-0.1, -0.05) is 6.92 Å². The highest BCUT2D eigenvalue weighted by Crippen LogP contribution is 2.01. The molecule has 5 nitrogen and oxygen atoms in total. The minimum atomic E-state index is -0.818. The first kappa shape index (κ1) is 7.71. The van der Waals surface area contributed by atoms with Crippen LogP contribution in [0.4, 0.5) is 0 Å². The van der Waals surface area contributed by atoms with Crippen molar-refractivity contribution in [3.8, 4) is 0 Å². The second kappa shape index (κ2) is 3.14. The molecule has 60 valence electrons. The Balaban J connectivity index is 2.50. The van der Waals surface area contributed by atoms with Gasteiger partial charge in [-0.25, -0.2) is 4.98 Å². The number of carbonyl (C=O) groups is 1. The van der Waals surface area contributed by atoms with E-state index in [2.05, 4.69) is 15.2 Å². The maximum Gasteiger partial charge on any atom is 0.306 e. The molecule has 0 aliphatic rings. The van der Waals surface area contributed by atoms with Crippen molar-refractivity contribution >= 4 is 5.97 Å². The number of hydrogen-bond acceptors (Lipinski definition) is 3. The van der Waals surface area contributed by atoms with Gasteiger partial charge in [-0.2, -0.15) is 5.10 Å². The largest absolute Gasteiger partial charge is 0.481 e. The SMILES string of the molecule is CC(Cc1ncn[nH]1)C(=O)O. The van der Waals surface area contributed by atoms with Gasteiger partial charge >= 0.3 is 5.97 Å². The number of carboxylic acids is 1. The van der Waals surface area contributed by atoms with Crippen LogP contribution >= 0.6 is 0 Å². The zero-order valence-corrected chi connectivity index (χ0v) is 6.11. The molecule has 0 saturated heterocycles. The van der Waals surface area contributed by atoms with Gasteiger partial charge in [-0.3, -0.25) is 9.89 Å². The summed E-state index contributed by atoms with van der Waals surface area (Å²) < 4.78 is 0. The van der Waals surface area contributed by atoms with Crippen LogP contribution in [0.1, 0.15) is 12.7 Å². The van der Waals surface area contributed by atoms with Crippen LogP contribution in [0, 0.1) is 5.92 Å². The summed E-state index contributed by atoms with van der Waals surface area (Å²) in [6.45, 7) is 1.63. The van der Waals surface area contributed by atoms with Crippen LogP contribution in [0.15, 0.2) is 6.33 Å². The Bertz CT molecular complexity index is 232. The summed E-state index contributed by atoms with van der Waals surface area (Å²) in [4.78, 5) is 14.2. The van der Waals surface area contributed by atoms with E-state index in [0.717, 1.165) is 0 Å². The Labute approximate surface area is 63.5 Å². The first-order chi connectivity index (χ1) is 5.20. The molecule has 0 aromatic carbocycles. The number of H-pyrrole nitrogens is 1. The molecule has 1 heterocycles. The fourth-order valence-corrected chi connectivity index (χ4v) is 0.706. The number of hydrogen-bond donors (Lipinski definition) is 2. The third kappa shape index (κ3) is 2.03. The van der Waals surface area contributed by atoms with Crippen LogP contribution in [0.2, 0.25) is 0 Å². The predicted molar refractivity (Wildman–Crippen MR) is 36.9 cm³/mol. The number of aromatic amines is 1. The normalized spacial score (nSPS) is 12.8. The lowest BCUT2D eigenvalue weighted by Crippen LogP contribution is -2.12. The third-order valence-corrected chi connectivity index (χ3v) is 1.39. The molecule has 0 radical (unpaired) electrons. The highest BCUT2D eigenvalue weighted by atomic mass is 16.4. The van der Waals surface area contributed by atoms with E-state index in [4.69, 9.17) is 5.11 Å². The Morgan fingerprint density at radius 1 is 1.91 bits per heavy atom. The number of rotatable bonds is 3. The summed E-state index contributed by atoms with van der Waals surface area (Å²) in [7, 11) is 0. The monoisotopic (exact) mass is 155 g/mol. The molecular formula is C6H9N3O2. The van der Waals surface area contributed by atoms with Gasteiger partial charge in [0.25, 0.3) is 0 Å². The van der Waals surface area contributed by atoms with Gasteiger partial charge in [0.15, 0.2) is 0 Å². The van der Waals surface area contributed by atoms with E-state index in [9.17, 15) is 4.79 Å². The lowest BCUT2D eigenvalue weighted by molar-refractivity contribution is -0.141. The fraction of sp³-hybridized carbons (Fsp3) is 0.500. The number of aliphatic carboxylic acids is 1. The molecule has 1 unspecified atom stereocenters. The quantitative estimate of drug-likeness (QED) is 0.647. The van der Waals surface area contributed by atoms with Crippen molar-refractivity contribution in [2.75, 3.05) is 0 Å². The van der Waals surface area contributed by atoms with E-state index in [1.807, 2.05) is 0 Å². The molecule has 0 amide bonds. The van der Waals surface area contributed by atoms with Gasteiger partial charge in [0.05, 0.1) is 5.92 Å². The highest BCUT2D eigenvalue weighted by molar-refractivity contribution is 5.69. The molecule has 2 N–H and O–H groups in total. The van der Waals surface area contributed by atoms with Crippen LogP contribution in [0.3, 0.4) is 0 Å². The summed E-state index contributed by atoms with van der Waals surface area (Å²) >= 11 is 0. The molecule has 0 fully saturated rings. The van der Waals surface area contributed by atoms with Gasteiger partial charge in [0.1, 0.15) is 12.2 Å². The van der Waals surface area contributed by atoms with Crippen LogP contribution in [0.5, 0.6) is 0 Å². The van der Waals surface area contributed by atoms with Crippen molar-refractivity contribution in [1.29, 1.82) is 0 Å². The summed E-state index contributed by atoms with van der Waals surface area (Å²) in [6.07, 6.45) is 1.76. The zero-order valence-electron chi connectivity index (χ0n) is 6.11. The number of nitrogens with zero attached hydrogens (tertiary/aromatic N) is 2. The van der Waals surface area contributed by atoms with Crippen molar-refractivity contribution in [2.45, 2.75) is 13.3 Å². The van der Waals surface area contributed by atoms with Crippen molar-refractivity contribution in [3.05, 3.63) is 12.2 Å². The number of aromatic nitrogens is 3. The van der Waals surface area contributed by atoms with Crippen molar-refractivity contribution < 1.29 is 9.90 Å². The van der Waals surface area contributed by atoms with Crippen molar-refractivity contribution in [2.24, 2.45) is 5.92 Å². The molecular weight excluding hydrogens is 146 g/mol. The Morgan fingerprint density at radius 2 is 2.64 bits per heavy atom. The van der Waals surface area contributed by atoms with Gasteiger partial charge in [-0.05, 0) is 0 Å². The van der Waals surface area contributed by atoms with E-state index >= 15 is 0 Å². The van der Waals surface area contributed by atoms with E-state index in [-0.39, 0.29) is 0 Å². The molecule has 0 spiro atoms. The average molecular weight is 155 g/mol. The highest BCUT2D eigenvalue weighted by Gasteiger charge is 2.12. The lowest BCUT2D eigenvalue weighted by atomic mass is 10.1. The smallest absolute Gasteiger partial charge is 0.306 e. The van der Waals surface area contributed by atoms with Crippen LogP contribution in [-0.2, 0) is 11.2 Å². The van der Waals surface area contributed by atoms with Crippen LogP contribution < -0.4 is 0 Å². The first-order valence-corrected chi connectivity index (χ1v) is 3.27. The molecule has 1 aromatic heterocycles.